The predicted octanol–water partition coefficient (Wildman–Crippen LogP) is 2.41. The molecule has 0 spiro atoms. The fourth-order valence-electron chi connectivity index (χ4n) is 1.98. The second-order valence-electron chi connectivity index (χ2n) is 5.93. The van der Waals surface area contributed by atoms with E-state index in [1.165, 1.54) is 0 Å². The molecule has 0 bridgehead atoms. The van der Waals surface area contributed by atoms with E-state index < -0.39 is 0 Å². The summed E-state index contributed by atoms with van der Waals surface area (Å²) in [5.41, 5.74) is -0.114. The molecule has 0 aromatic carbocycles. The summed E-state index contributed by atoms with van der Waals surface area (Å²) in [6.07, 6.45) is 2.89. The first kappa shape index (κ1) is 18.6. The van der Waals surface area contributed by atoms with Gasteiger partial charge in [0.15, 0.2) is 0 Å². The summed E-state index contributed by atoms with van der Waals surface area (Å²) in [6.45, 7) is 14.9. The van der Waals surface area contributed by atoms with Gasteiger partial charge in [-0.25, -0.2) is 0 Å². The van der Waals surface area contributed by atoms with Crippen LogP contribution in [0.4, 0.5) is 0 Å². The molecule has 0 radical (unpaired) electrons. The Hall–Kier alpha value is -0.420. The molecular weight excluding hydrogens is 244 g/mol. The summed E-state index contributed by atoms with van der Waals surface area (Å²) < 4.78 is 16.3. The summed E-state index contributed by atoms with van der Waals surface area (Å²) in [5, 5.41) is 8.52. The van der Waals surface area contributed by atoms with Gasteiger partial charge in [0.05, 0.1) is 45.2 Å². The lowest BCUT2D eigenvalue weighted by Crippen LogP contribution is -2.32. The van der Waals surface area contributed by atoms with E-state index >= 15 is 0 Å². The molecule has 19 heavy (non-hydrogen) atoms. The Kier molecular flexibility index (Phi) is 9.27. The number of ether oxygens (including phenoxy) is 3. The van der Waals surface area contributed by atoms with Gasteiger partial charge in [-0.05, 0) is 25.7 Å². The molecule has 0 aromatic rings. The predicted molar refractivity (Wildman–Crippen MR) is 77.3 cm³/mol. The van der Waals surface area contributed by atoms with Crippen LogP contribution < -0.4 is 0 Å². The SMILES string of the molecule is C=CC(C)(C)CC(C)(C)OCCOCCOCCO. The zero-order valence-electron chi connectivity index (χ0n) is 12.9. The summed E-state index contributed by atoms with van der Waals surface area (Å²) >= 11 is 0. The van der Waals surface area contributed by atoms with Crippen LogP contribution in [0.25, 0.3) is 0 Å². The smallest absolute Gasteiger partial charge is 0.0707 e. The van der Waals surface area contributed by atoms with Crippen molar-refractivity contribution >= 4 is 0 Å². The molecule has 0 amide bonds. The van der Waals surface area contributed by atoms with Gasteiger partial charge in [0.25, 0.3) is 0 Å². The molecule has 0 aliphatic rings. The van der Waals surface area contributed by atoms with Crippen LogP contribution in [0.5, 0.6) is 0 Å². The van der Waals surface area contributed by atoms with E-state index in [4.69, 9.17) is 19.3 Å². The fourth-order valence-corrected chi connectivity index (χ4v) is 1.98. The van der Waals surface area contributed by atoms with E-state index in [9.17, 15) is 0 Å². The Bertz CT molecular complexity index is 236. The Morgan fingerprint density at radius 2 is 1.47 bits per heavy atom. The number of rotatable bonds is 12. The van der Waals surface area contributed by atoms with E-state index in [1.807, 2.05) is 6.08 Å². The Balaban J connectivity index is 3.61. The minimum absolute atomic E-state index is 0.0520. The molecule has 0 unspecified atom stereocenters. The summed E-state index contributed by atoms with van der Waals surface area (Å²) in [4.78, 5) is 0. The van der Waals surface area contributed by atoms with Gasteiger partial charge in [-0.15, -0.1) is 6.58 Å². The van der Waals surface area contributed by atoms with Gasteiger partial charge in [-0.2, -0.15) is 0 Å². The number of allylic oxidation sites excluding steroid dienone is 1. The van der Waals surface area contributed by atoms with Crippen molar-refractivity contribution in [3.05, 3.63) is 12.7 Å². The monoisotopic (exact) mass is 274 g/mol. The molecular formula is C15H30O4. The number of aliphatic hydroxyl groups excluding tert-OH is 1. The Morgan fingerprint density at radius 3 is 2.00 bits per heavy atom. The zero-order valence-corrected chi connectivity index (χ0v) is 12.9. The average Bonchev–Trinajstić information content (AvgIpc) is 2.31. The minimum atomic E-state index is -0.186. The zero-order chi connectivity index (χ0) is 14.8. The molecule has 0 saturated heterocycles. The highest BCUT2D eigenvalue weighted by Gasteiger charge is 2.27. The van der Waals surface area contributed by atoms with Gasteiger partial charge in [-0.1, -0.05) is 19.9 Å². The lowest BCUT2D eigenvalue weighted by atomic mass is 9.82. The normalized spacial score (nSPS) is 12.7. The van der Waals surface area contributed by atoms with Crippen molar-refractivity contribution in [3.63, 3.8) is 0 Å². The maximum Gasteiger partial charge on any atom is 0.0707 e. The van der Waals surface area contributed by atoms with Gasteiger partial charge >= 0.3 is 0 Å². The summed E-state index contributed by atoms with van der Waals surface area (Å²) in [6, 6.07) is 0. The van der Waals surface area contributed by atoms with E-state index in [2.05, 4.69) is 34.3 Å². The summed E-state index contributed by atoms with van der Waals surface area (Å²) in [5.74, 6) is 0. The van der Waals surface area contributed by atoms with Crippen molar-refractivity contribution in [3.8, 4) is 0 Å². The van der Waals surface area contributed by atoms with Crippen LogP contribution >= 0.6 is 0 Å². The molecule has 0 heterocycles. The molecule has 0 aliphatic carbocycles. The van der Waals surface area contributed by atoms with Crippen molar-refractivity contribution in [2.45, 2.75) is 39.7 Å². The quantitative estimate of drug-likeness (QED) is 0.438. The van der Waals surface area contributed by atoms with E-state index in [-0.39, 0.29) is 17.6 Å². The maximum absolute atomic E-state index is 8.52. The van der Waals surface area contributed by atoms with Crippen molar-refractivity contribution < 1.29 is 19.3 Å². The molecule has 0 fully saturated rings. The van der Waals surface area contributed by atoms with Gasteiger partial charge < -0.3 is 19.3 Å². The first-order chi connectivity index (χ1) is 8.83. The molecule has 4 heteroatoms. The van der Waals surface area contributed by atoms with Gasteiger partial charge in [0.1, 0.15) is 0 Å². The van der Waals surface area contributed by atoms with Crippen LogP contribution in [0.15, 0.2) is 12.7 Å². The molecule has 4 nitrogen and oxygen atoms in total. The van der Waals surface area contributed by atoms with Crippen molar-refractivity contribution in [1.29, 1.82) is 0 Å². The van der Waals surface area contributed by atoms with Crippen LogP contribution in [-0.4, -0.2) is 50.3 Å². The minimum Gasteiger partial charge on any atom is -0.394 e. The van der Waals surface area contributed by atoms with E-state index in [1.54, 1.807) is 0 Å². The largest absolute Gasteiger partial charge is 0.394 e. The van der Waals surface area contributed by atoms with Gasteiger partial charge in [0.2, 0.25) is 0 Å². The molecule has 114 valence electrons. The molecule has 0 saturated carbocycles. The topological polar surface area (TPSA) is 47.9 Å². The molecule has 0 rings (SSSR count). The van der Waals surface area contributed by atoms with Gasteiger partial charge in [0, 0.05) is 0 Å². The Morgan fingerprint density at radius 1 is 0.947 bits per heavy atom. The second kappa shape index (κ2) is 9.48. The molecule has 0 aliphatic heterocycles. The third kappa shape index (κ3) is 11.1. The van der Waals surface area contributed by atoms with Crippen molar-refractivity contribution in [2.75, 3.05) is 39.6 Å². The highest BCUT2D eigenvalue weighted by Crippen LogP contribution is 2.30. The number of hydrogen-bond donors (Lipinski definition) is 1. The van der Waals surface area contributed by atoms with Crippen LogP contribution in [0.3, 0.4) is 0 Å². The van der Waals surface area contributed by atoms with E-state index in [0.717, 1.165) is 6.42 Å². The fraction of sp³-hybridized carbons (Fsp3) is 0.867. The lowest BCUT2D eigenvalue weighted by Gasteiger charge is -2.33. The molecule has 0 atom stereocenters. The van der Waals surface area contributed by atoms with Crippen LogP contribution in [0, 0.1) is 5.41 Å². The number of aliphatic hydroxyl groups is 1. The highest BCUT2D eigenvalue weighted by atomic mass is 16.6. The molecule has 0 aromatic heterocycles. The standard InChI is InChI=1S/C15H30O4/c1-6-14(2,3)13-15(4,5)19-12-11-18-10-9-17-8-7-16/h6,16H,1,7-13H2,2-5H3. The number of hydrogen-bond acceptors (Lipinski definition) is 4. The van der Waals surface area contributed by atoms with Crippen LogP contribution in [-0.2, 0) is 14.2 Å². The average molecular weight is 274 g/mol. The summed E-state index contributed by atoms with van der Waals surface area (Å²) in [7, 11) is 0. The maximum atomic E-state index is 8.52. The second-order valence-corrected chi connectivity index (χ2v) is 5.93. The third-order valence-corrected chi connectivity index (χ3v) is 2.76. The first-order valence-corrected chi connectivity index (χ1v) is 6.87. The Labute approximate surface area is 117 Å². The third-order valence-electron chi connectivity index (χ3n) is 2.76. The molecule has 1 N–H and O–H groups in total. The van der Waals surface area contributed by atoms with Gasteiger partial charge in [-0.3, -0.25) is 0 Å². The van der Waals surface area contributed by atoms with Crippen LogP contribution in [0.1, 0.15) is 34.1 Å². The van der Waals surface area contributed by atoms with E-state index in [0.29, 0.717) is 33.0 Å². The van der Waals surface area contributed by atoms with Crippen LogP contribution in [0.2, 0.25) is 0 Å². The van der Waals surface area contributed by atoms with Crippen molar-refractivity contribution in [1.82, 2.24) is 0 Å². The highest BCUT2D eigenvalue weighted by molar-refractivity contribution is 4.92. The van der Waals surface area contributed by atoms with Crippen molar-refractivity contribution in [2.24, 2.45) is 5.41 Å². The lowest BCUT2D eigenvalue weighted by molar-refractivity contribution is -0.0670. The first-order valence-electron chi connectivity index (χ1n) is 6.87.